The van der Waals surface area contributed by atoms with Gasteiger partial charge in [0.15, 0.2) is 0 Å². The van der Waals surface area contributed by atoms with Gasteiger partial charge in [-0.25, -0.2) is 8.42 Å². The Hall–Kier alpha value is -4.34. The van der Waals surface area contributed by atoms with Crippen LogP contribution in [0.4, 0.5) is 5.69 Å². The van der Waals surface area contributed by atoms with Gasteiger partial charge in [-0.05, 0) is 73.0 Å². The predicted octanol–water partition coefficient (Wildman–Crippen LogP) is 6.10. The number of nitrogens with one attached hydrogen (secondary N) is 1. The van der Waals surface area contributed by atoms with Gasteiger partial charge in [-0.15, -0.1) is 0 Å². The van der Waals surface area contributed by atoms with Crippen molar-refractivity contribution in [2.24, 2.45) is 0 Å². The van der Waals surface area contributed by atoms with Gasteiger partial charge in [-0.1, -0.05) is 79.2 Å². The molecule has 0 unspecified atom stereocenters. The number of hydrogen-bond acceptors (Lipinski definition) is 5. The Bertz CT molecular complexity index is 1670. The molecule has 0 aromatic heterocycles. The van der Waals surface area contributed by atoms with E-state index in [0.717, 1.165) is 9.87 Å². The Morgan fingerprint density at radius 2 is 1.49 bits per heavy atom. The number of amides is 2. The van der Waals surface area contributed by atoms with Crippen LogP contribution in [0.15, 0.2) is 114 Å². The highest BCUT2D eigenvalue weighted by molar-refractivity contribution is 7.92. The third kappa shape index (κ3) is 8.86. The van der Waals surface area contributed by atoms with Crippen molar-refractivity contribution < 1.29 is 22.7 Å². The first-order valence-corrected chi connectivity index (χ1v) is 16.5. The second kappa shape index (κ2) is 15.6. The summed E-state index contributed by atoms with van der Waals surface area (Å²) < 4.78 is 34.5. The highest BCUT2D eigenvalue weighted by atomic mass is 35.5. The number of methoxy groups -OCH3 is 1. The van der Waals surface area contributed by atoms with E-state index in [0.29, 0.717) is 28.4 Å². The molecule has 0 bridgehead atoms. The molecule has 45 heavy (non-hydrogen) atoms. The summed E-state index contributed by atoms with van der Waals surface area (Å²) in [4.78, 5) is 29.8. The topological polar surface area (TPSA) is 96.0 Å². The summed E-state index contributed by atoms with van der Waals surface area (Å²) in [5.74, 6) is -0.371. The third-order valence-electron chi connectivity index (χ3n) is 7.48. The zero-order valence-corrected chi connectivity index (χ0v) is 27.2. The Morgan fingerprint density at radius 3 is 2.09 bits per heavy atom. The summed E-state index contributed by atoms with van der Waals surface area (Å²) in [6, 6.07) is 29.9. The lowest BCUT2D eigenvalue weighted by atomic mass is 10.0. The molecule has 0 saturated carbocycles. The number of hydrogen-bond donors (Lipinski definition) is 1. The number of carbonyl (C=O) groups excluding carboxylic acids is 2. The molecular formula is C35H38ClN3O5S. The maximum Gasteiger partial charge on any atom is 0.264 e. The molecule has 0 aliphatic rings. The van der Waals surface area contributed by atoms with Crippen molar-refractivity contribution in [1.29, 1.82) is 0 Å². The van der Waals surface area contributed by atoms with Crippen LogP contribution >= 0.6 is 11.6 Å². The standard InChI is InChI=1S/C35H38ClN3O5S/c1-4-26(2)37-35(41)33(23-27-12-7-5-8-13-27)38(24-28-14-11-15-29(36)22-28)34(40)25-39(30-16-9-6-10-17-30)45(42,43)32-20-18-31(44-3)19-21-32/h5-22,26,33H,4,23-25H2,1-3H3,(H,37,41)/t26-,33+/m0/s1. The Morgan fingerprint density at radius 1 is 0.867 bits per heavy atom. The van der Waals surface area contributed by atoms with Gasteiger partial charge in [0.05, 0.1) is 17.7 Å². The smallest absolute Gasteiger partial charge is 0.264 e. The van der Waals surface area contributed by atoms with Crippen molar-refractivity contribution in [1.82, 2.24) is 10.2 Å². The largest absolute Gasteiger partial charge is 0.497 e. The SMILES string of the molecule is CC[C@H](C)NC(=O)[C@@H](Cc1ccccc1)N(Cc1cccc(Cl)c1)C(=O)CN(c1ccccc1)S(=O)(=O)c1ccc(OC)cc1. The number of halogens is 1. The predicted molar refractivity (Wildman–Crippen MR) is 178 cm³/mol. The summed E-state index contributed by atoms with van der Waals surface area (Å²) in [5.41, 5.74) is 1.87. The van der Waals surface area contributed by atoms with E-state index in [4.69, 9.17) is 16.3 Å². The average molecular weight is 648 g/mol. The van der Waals surface area contributed by atoms with Crippen molar-refractivity contribution in [2.45, 2.75) is 50.2 Å². The zero-order valence-electron chi connectivity index (χ0n) is 25.6. The van der Waals surface area contributed by atoms with Crippen LogP contribution in [0.5, 0.6) is 5.75 Å². The van der Waals surface area contributed by atoms with Gasteiger partial charge in [-0.3, -0.25) is 13.9 Å². The van der Waals surface area contributed by atoms with Crippen LogP contribution < -0.4 is 14.4 Å². The molecular weight excluding hydrogens is 610 g/mol. The molecule has 2 atom stereocenters. The van der Waals surface area contributed by atoms with E-state index in [1.165, 1.54) is 24.1 Å². The number of rotatable bonds is 14. The highest BCUT2D eigenvalue weighted by Crippen LogP contribution is 2.26. The molecule has 0 heterocycles. The monoisotopic (exact) mass is 647 g/mol. The number of anilines is 1. The number of para-hydroxylation sites is 1. The summed E-state index contributed by atoms with van der Waals surface area (Å²) >= 11 is 6.30. The molecule has 4 aromatic carbocycles. The second-order valence-electron chi connectivity index (χ2n) is 10.7. The van der Waals surface area contributed by atoms with Crippen LogP contribution in [-0.4, -0.2) is 50.9 Å². The lowest BCUT2D eigenvalue weighted by molar-refractivity contribution is -0.140. The van der Waals surface area contributed by atoms with E-state index in [1.54, 1.807) is 60.7 Å². The molecule has 4 aromatic rings. The van der Waals surface area contributed by atoms with Gasteiger partial charge >= 0.3 is 0 Å². The molecule has 0 aliphatic heterocycles. The first-order chi connectivity index (χ1) is 21.6. The van der Waals surface area contributed by atoms with Gasteiger partial charge in [0.2, 0.25) is 11.8 Å². The quantitative estimate of drug-likeness (QED) is 0.179. The minimum absolute atomic E-state index is 0.00306. The van der Waals surface area contributed by atoms with E-state index in [-0.39, 0.29) is 29.8 Å². The normalized spacial score (nSPS) is 12.5. The van der Waals surface area contributed by atoms with E-state index in [9.17, 15) is 18.0 Å². The number of carbonyl (C=O) groups is 2. The molecule has 0 aliphatic carbocycles. The first kappa shape index (κ1) is 33.6. The maximum absolute atomic E-state index is 14.5. The van der Waals surface area contributed by atoms with Crippen molar-refractivity contribution in [3.05, 3.63) is 125 Å². The number of nitrogens with zero attached hydrogens (tertiary/aromatic N) is 2. The van der Waals surface area contributed by atoms with Gasteiger partial charge in [0, 0.05) is 24.0 Å². The number of sulfonamides is 1. The summed E-state index contributed by atoms with van der Waals surface area (Å²) in [7, 11) is -2.71. The van der Waals surface area contributed by atoms with Gasteiger partial charge in [0.1, 0.15) is 18.3 Å². The van der Waals surface area contributed by atoms with Crippen LogP contribution in [0, 0.1) is 0 Å². The van der Waals surface area contributed by atoms with E-state index in [2.05, 4.69) is 5.32 Å². The lowest BCUT2D eigenvalue weighted by Crippen LogP contribution is -2.54. The molecule has 2 amide bonds. The molecule has 0 spiro atoms. The lowest BCUT2D eigenvalue weighted by Gasteiger charge is -2.34. The van der Waals surface area contributed by atoms with Crippen LogP contribution in [0.3, 0.4) is 0 Å². The fourth-order valence-electron chi connectivity index (χ4n) is 4.82. The molecule has 10 heteroatoms. The maximum atomic E-state index is 14.5. The van der Waals surface area contributed by atoms with E-state index >= 15 is 0 Å². The summed E-state index contributed by atoms with van der Waals surface area (Å²) in [5, 5.41) is 3.51. The molecule has 1 N–H and O–H groups in total. The molecule has 8 nitrogen and oxygen atoms in total. The van der Waals surface area contributed by atoms with Gasteiger partial charge in [0.25, 0.3) is 10.0 Å². The fourth-order valence-corrected chi connectivity index (χ4v) is 6.45. The summed E-state index contributed by atoms with van der Waals surface area (Å²) in [6.07, 6.45) is 0.930. The second-order valence-corrected chi connectivity index (χ2v) is 13.0. The zero-order chi connectivity index (χ0) is 32.4. The van der Waals surface area contributed by atoms with Gasteiger partial charge in [-0.2, -0.15) is 0 Å². The molecule has 236 valence electrons. The fraction of sp³-hybridized carbons (Fsp3) is 0.257. The number of ether oxygens (including phenoxy) is 1. The highest BCUT2D eigenvalue weighted by Gasteiger charge is 2.35. The van der Waals surface area contributed by atoms with Crippen molar-refractivity contribution in [3.63, 3.8) is 0 Å². The summed E-state index contributed by atoms with van der Waals surface area (Å²) in [6.45, 7) is 3.36. The molecule has 0 fully saturated rings. The molecule has 4 rings (SSSR count). The minimum atomic E-state index is -4.21. The van der Waals surface area contributed by atoms with Crippen LogP contribution in [0.25, 0.3) is 0 Å². The van der Waals surface area contributed by atoms with E-state index < -0.39 is 28.5 Å². The Labute approximate surface area is 270 Å². The minimum Gasteiger partial charge on any atom is -0.497 e. The van der Waals surface area contributed by atoms with Crippen LogP contribution in [0.2, 0.25) is 5.02 Å². The molecule has 0 radical (unpaired) electrons. The average Bonchev–Trinajstić information content (AvgIpc) is 3.05. The van der Waals surface area contributed by atoms with E-state index in [1.807, 2.05) is 50.2 Å². The van der Waals surface area contributed by atoms with Crippen molar-refractivity contribution >= 4 is 39.1 Å². The third-order valence-corrected chi connectivity index (χ3v) is 9.51. The van der Waals surface area contributed by atoms with Crippen molar-refractivity contribution in [3.8, 4) is 5.75 Å². The Kier molecular flexibility index (Phi) is 11.6. The first-order valence-electron chi connectivity index (χ1n) is 14.7. The van der Waals surface area contributed by atoms with Crippen LogP contribution in [0.1, 0.15) is 31.4 Å². The Balaban J connectivity index is 1.79. The number of benzene rings is 4. The van der Waals surface area contributed by atoms with Crippen molar-refractivity contribution in [2.75, 3.05) is 18.0 Å². The molecule has 0 saturated heterocycles. The van der Waals surface area contributed by atoms with Crippen LogP contribution in [-0.2, 0) is 32.6 Å². The van der Waals surface area contributed by atoms with Gasteiger partial charge < -0.3 is 15.0 Å².